The van der Waals surface area contributed by atoms with Gasteiger partial charge in [0.1, 0.15) is 11.8 Å². The van der Waals surface area contributed by atoms with E-state index in [0.717, 1.165) is 16.8 Å². The molecule has 13 heavy (non-hydrogen) atoms. The van der Waals surface area contributed by atoms with Crippen molar-refractivity contribution in [2.24, 2.45) is 0 Å². The predicted octanol–water partition coefficient (Wildman–Crippen LogP) is 1.79. The van der Waals surface area contributed by atoms with Gasteiger partial charge in [-0.1, -0.05) is 0 Å². The second kappa shape index (κ2) is 3.81. The normalized spacial score (nSPS) is 9.31. The lowest BCUT2D eigenvalue weighted by Gasteiger charge is -2.08. The van der Waals surface area contributed by atoms with Crippen LogP contribution >= 0.6 is 0 Å². The predicted molar refractivity (Wildman–Crippen MR) is 51.4 cm³/mol. The van der Waals surface area contributed by atoms with Gasteiger partial charge >= 0.3 is 0 Å². The molecule has 0 bridgehead atoms. The van der Waals surface area contributed by atoms with E-state index in [0.29, 0.717) is 5.75 Å². The largest absolute Gasteiger partial charge is 0.479 e. The van der Waals surface area contributed by atoms with Crippen molar-refractivity contribution in [2.45, 2.75) is 13.8 Å². The number of anilines is 1. The van der Waals surface area contributed by atoms with Crippen molar-refractivity contribution in [1.82, 2.24) is 0 Å². The second-order valence-corrected chi connectivity index (χ2v) is 2.92. The van der Waals surface area contributed by atoms with Crippen LogP contribution in [-0.2, 0) is 0 Å². The molecule has 0 aromatic heterocycles. The molecule has 3 heteroatoms. The summed E-state index contributed by atoms with van der Waals surface area (Å²) in [4.78, 5) is 0. The number of nitrogens with zero attached hydrogens (tertiary/aromatic N) is 1. The Bertz CT molecular complexity index is 329. The zero-order valence-electron chi connectivity index (χ0n) is 7.79. The van der Waals surface area contributed by atoms with Crippen LogP contribution in [0.1, 0.15) is 11.1 Å². The van der Waals surface area contributed by atoms with Crippen molar-refractivity contribution in [3.63, 3.8) is 0 Å². The molecule has 1 rings (SSSR count). The highest BCUT2D eigenvalue weighted by molar-refractivity contribution is 5.56. The van der Waals surface area contributed by atoms with Crippen LogP contribution in [0.2, 0.25) is 0 Å². The average Bonchev–Trinajstić information content (AvgIpc) is 2.10. The third-order valence-electron chi connectivity index (χ3n) is 1.87. The van der Waals surface area contributed by atoms with E-state index in [9.17, 15) is 0 Å². The molecule has 0 aliphatic heterocycles. The first-order valence-electron chi connectivity index (χ1n) is 4.01. The summed E-state index contributed by atoms with van der Waals surface area (Å²) < 4.78 is 5.16. The molecule has 1 aromatic carbocycles. The van der Waals surface area contributed by atoms with Gasteiger partial charge in [-0.05, 0) is 37.1 Å². The number of hydrogen-bond donors (Lipinski definition) is 1. The third-order valence-corrected chi connectivity index (χ3v) is 1.87. The van der Waals surface area contributed by atoms with Crippen LogP contribution in [0.3, 0.4) is 0 Å². The number of nitriles is 1. The summed E-state index contributed by atoms with van der Waals surface area (Å²) in [5.41, 5.74) is 8.50. The molecular formula is C10H12N2O. The van der Waals surface area contributed by atoms with Crippen LogP contribution in [0, 0.1) is 25.2 Å². The minimum absolute atomic E-state index is 0.0722. The Balaban J connectivity index is 2.94. The Morgan fingerprint density at radius 3 is 2.38 bits per heavy atom. The Hall–Kier alpha value is -1.69. The number of nitrogen functional groups attached to an aromatic ring is 1. The number of aryl methyl sites for hydroxylation is 2. The number of hydrogen-bond acceptors (Lipinski definition) is 3. The topological polar surface area (TPSA) is 59.0 Å². The van der Waals surface area contributed by atoms with E-state index in [1.807, 2.05) is 32.0 Å². The van der Waals surface area contributed by atoms with E-state index in [4.69, 9.17) is 15.7 Å². The van der Waals surface area contributed by atoms with Gasteiger partial charge in [0.25, 0.3) is 0 Å². The first-order chi connectivity index (χ1) is 6.15. The molecule has 0 heterocycles. The maximum atomic E-state index is 8.32. The van der Waals surface area contributed by atoms with E-state index < -0.39 is 0 Å². The third kappa shape index (κ3) is 2.12. The molecule has 1 aromatic rings. The quantitative estimate of drug-likeness (QED) is 0.699. The molecule has 0 radical (unpaired) electrons. The fourth-order valence-electron chi connectivity index (χ4n) is 1.13. The molecule has 0 saturated heterocycles. The van der Waals surface area contributed by atoms with Crippen molar-refractivity contribution in [2.75, 3.05) is 12.3 Å². The lowest BCUT2D eigenvalue weighted by molar-refractivity contribution is 0.367. The van der Waals surface area contributed by atoms with Gasteiger partial charge in [0.15, 0.2) is 6.61 Å². The molecule has 68 valence electrons. The van der Waals surface area contributed by atoms with E-state index in [2.05, 4.69) is 0 Å². The SMILES string of the molecule is Cc1cc(OCC#N)cc(C)c1N. The Morgan fingerprint density at radius 2 is 1.92 bits per heavy atom. The van der Waals surface area contributed by atoms with Crippen LogP contribution in [-0.4, -0.2) is 6.61 Å². The summed E-state index contributed by atoms with van der Waals surface area (Å²) in [5.74, 6) is 0.700. The monoisotopic (exact) mass is 176 g/mol. The van der Waals surface area contributed by atoms with Gasteiger partial charge in [0.05, 0.1) is 0 Å². The van der Waals surface area contributed by atoms with Crippen molar-refractivity contribution < 1.29 is 4.74 Å². The maximum absolute atomic E-state index is 8.32. The van der Waals surface area contributed by atoms with Crippen LogP contribution < -0.4 is 10.5 Å². The summed E-state index contributed by atoms with van der Waals surface area (Å²) >= 11 is 0. The van der Waals surface area contributed by atoms with Crippen molar-refractivity contribution >= 4 is 5.69 Å². The van der Waals surface area contributed by atoms with Gasteiger partial charge in [-0.2, -0.15) is 5.26 Å². The molecular weight excluding hydrogens is 164 g/mol. The second-order valence-electron chi connectivity index (χ2n) is 2.92. The molecule has 0 fully saturated rings. The Kier molecular flexibility index (Phi) is 2.76. The zero-order chi connectivity index (χ0) is 9.84. The molecule has 2 N–H and O–H groups in total. The van der Waals surface area contributed by atoms with Crippen LogP contribution in [0.4, 0.5) is 5.69 Å². The zero-order valence-corrected chi connectivity index (χ0v) is 7.79. The van der Waals surface area contributed by atoms with Crippen LogP contribution in [0.25, 0.3) is 0 Å². The lowest BCUT2D eigenvalue weighted by Crippen LogP contribution is -1.98. The highest BCUT2D eigenvalue weighted by atomic mass is 16.5. The van der Waals surface area contributed by atoms with Gasteiger partial charge in [-0.15, -0.1) is 0 Å². The van der Waals surface area contributed by atoms with E-state index in [1.165, 1.54) is 0 Å². The summed E-state index contributed by atoms with van der Waals surface area (Å²) in [7, 11) is 0. The molecule has 0 aliphatic rings. The molecule has 0 aliphatic carbocycles. The van der Waals surface area contributed by atoms with Gasteiger partial charge in [-0.25, -0.2) is 0 Å². The molecule has 0 amide bonds. The number of ether oxygens (including phenoxy) is 1. The first-order valence-corrected chi connectivity index (χ1v) is 4.01. The van der Waals surface area contributed by atoms with Gasteiger partial charge in [0, 0.05) is 5.69 Å². The number of nitrogens with two attached hydrogens (primary N) is 1. The van der Waals surface area contributed by atoms with Gasteiger partial charge in [-0.3, -0.25) is 0 Å². The summed E-state index contributed by atoms with van der Waals surface area (Å²) in [5, 5.41) is 8.32. The minimum Gasteiger partial charge on any atom is -0.479 e. The van der Waals surface area contributed by atoms with E-state index in [-0.39, 0.29) is 6.61 Å². The standard InChI is InChI=1S/C10H12N2O/c1-7-5-9(13-4-3-11)6-8(2)10(7)12/h5-6H,4,12H2,1-2H3. The summed E-state index contributed by atoms with van der Waals surface area (Å²) in [6.45, 7) is 3.91. The van der Waals surface area contributed by atoms with Crippen molar-refractivity contribution in [1.29, 1.82) is 5.26 Å². The molecule has 0 unspecified atom stereocenters. The Labute approximate surface area is 77.7 Å². The molecule has 3 nitrogen and oxygen atoms in total. The lowest BCUT2D eigenvalue weighted by atomic mass is 10.1. The first kappa shape index (κ1) is 9.40. The molecule has 0 spiro atoms. The minimum atomic E-state index is 0.0722. The number of rotatable bonds is 2. The molecule has 0 atom stereocenters. The molecule has 0 saturated carbocycles. The summed E-state index contributed by atoms with van der Waals surface area (Å²) in [6.07, 6.45) is 0. The van der Waals surface area contributed by atoms with E-state index in [1.54, 1.807) is 0 Å². The van der Waals surface area contributed by atoms with Crippen molar-refractivity contribution in [3.05, 3.63) is 23.3 Å². The van der Waals surface area contributed by atoms with E-state index >= 15 is 0 Å². The van der Waals surface area contributed by atoms with Crippen LogP contribution in [0.15, 0.2) is 12.1 Å². The van der Waals surface area contributed by atoms with Crippen molar-refractivity contribution in [3.8, 4) is 11.8 Å². The fraction of sp³-hybridized carbons (Fsp3) is 0.300. The maximum Gasteiger partial charge on any atom is 0.174 e. The highest BCUT2D eigenvalue weighted by Gasteiger charge is 2.01. The summed E-state index contributed by atoms with van der Waals surface area (Å²) in [6, 6.07) is 5.58. The highest BCUT2D eigenvalue weighted by Crippen LogP contribution is 2.23. The Morgan fingerprint density at radius 1 is 1.38 bits per heavy atom. The fourth-order valence-corrected chi connectivity index (χ4v) is 1.13. The van der Waals surface area contributed by atoms with Crippen LogP contribution in [0.5, 0.6) is 5.75 Å². The van der Waals surface area contributed by atoms with Gasteiger partial charge in [0.2, 0.25) is 0 Å². The average molecular weight is 176 g/mol. The smallest absolute Gasteiger partial charge is 0.174 e. The van der Waals surface area contributed by atoms with Gasteiger partial charge < -0.3 is 10.5 Å². The number of benzene rings is 1.